The number of nitrogens with zero attached hydrogens (tertiary/aromatic N) is 3. The van der Waals surface area contributed by atoms with E-state index in [1.54, 1.807) is 23.9 Å². The third-order valence-corrected chi connectivity index (χ3v) is 4.14. The highest BCUT2D eigenvalue weighted by molar-refractivity contribution is 9.10. The fraction of sp³-hybridized carbons (Fsp3) is 0.200. The van der Waals surface area contributed by atoms with Gasteiger partial charge in [-0.1, -0.05) is 15.9 Å². The lowest BCUT2D eigenvalue weighted by molar-refractivity contribution is 0.675. The van der Waals surface area contributed by atoms with Crippen LogP contribution in [0.3, 0.4) is 0 Å². The van der Waals surface area contributed by atoms with E-state index in [1.807, 2.05) is 6.07 Å². The van der Waals surface area contributed by atoms with E-state index in [2.05, 4.69) is 26.0 Å². The molecule has 2 aromatic rings. The van der Waals surface area contributed by atoms with Gasteiger partial charge in [0.1, 0.15) is 12.2 Å². The van der Waals surface area contributed by atoms with Crippen LogP contribution in [0.4, 0.5) is 5.69 Å². The molecule has 1 aromatic carbocycles. The molecular weight excluding hydrogens is 304 g/mol. The number of nitrogens with two attached hydrogens (primary N) is 1. The first-order valence-corrected chi connectivity index (χ1v) is 6.95. The highest BCUT2D eigenvalue weighted by atomic mass is 79.9. The molecule has 0 radical (unpaired) electrons. The summed E-state index contributed by atoms with van der Waals surface area (Å²) in [7, 11) is 0.544. The monoisotopic (exact) mass is 314 g/mol. The molecule has 0 bridgehead atoms. The van der Waals surface area contributed by atoms with Gasteiger partial charge >= 0.3 is 0 Å². The van der Waals surface area contributed by atoms with Crippen molar-refractivity contribution in [2.75, 3.05) is 5.73 Å². The predicted molar refractivity (Wildman–Crippen MR) is 69.7 cm³/mol. The molecule has 0 aliphatic rings. The molecule has 0 saturated heterocycles. The van der Waals surface area contributed by atoms with E-state index in [4.69, 9.17) is 5.73 Å². The Kier molecular flexibility index (Phi) is 3.58. The first kappa shape index (κ1) is 12.3. The maximum absolute atomic E-state index is 12.2. The smallest absolute Gasteiger partial charge is 0.139 e. The zero-order valence-corrected chi connectivity index (χ0v) is 11.5. The van der Waals surface area contributed by atoms with Crippen molar-refractivity contribution in [1.29, 1.82) is 0 Å². The molecule has 0 spiro atoms. The normalized spacial score (nSPS) is 12.6. The second kappa shape index (κ2) is 4.97. The Labute approximate surface area is 110 Å². The van der Waals surface area contributed by atoms with E-state index in [-0.39, 0.29) is 0 Å². The molecule has 1 unspecified atom stereocenters. The largest absolute Gasteiger partial charge is 0.398 e. The van der Waals surface area contributed by atoms with E-state index in [1.165, 1.54) is 6.33 Å². The molecule has 0 fully saturated rings. The summed E-state index contributed by atoms with van der Waals surface area (Å²) in [5.74, 6) is 0.972. The van der Waals surface area contributed by atoms with Crippen LogP contribution >= 0.6 is 15.9 Å². The summed E-state index contributed by atoms with van der Waals surface area (Å²) in [6.07, 6.45) is 1.44. The maximum Gasteiger partial charge on any atom is 0.139 e. The molecule has 90 valence electrons. The van der Waals surface area contributed by atoms with Crippen LogP contribution < -0.4 is 5.73 Å². The highest BCUT2D eigenvalue weighted by Crippen LogP contribution is 2.23. The number of halogens is 1. The summed E-state index contributed by atoms with van der Waals surface area (Å²) in [5.41, 5.74) is 6.32. The number of hydrogen-bond donors (Lipinski definition) is 1. The summed E-state index contributed by atoms with van der Waals surface area (Å²) in [6, 6.07) is 5.31. The Morgan fingerprint density at radius 3 is 2.94 bits per heavy atom. The predicted octanol–water partition coefficient (Wildman–Crippen LogP) is 1.47. The van der Waals surface area contributed by atoms with E-state index < -0.39 is 10.8 Å². The highest BCUT2D eigenvalue weighted by Gasteiger charge is 2.12. The molecule has 17 heavy (non-hydrogen) atoms. The summed E-state index contributed by atoms with van der Waals surface area (Å²) < 4.78 is 14.6. The van der Waals surface area contributed by atoms with Crippen molar-refractivity contribution in [3.63, 3.8) is 0 Å². The number of aryl methyl sites for hydroxylation is 1. The summed E-state index contributed by atoms with van der Waals surface area (Å²) in [5, 5.41) is 3.93. The number of anilines is 1. The van der Waals surface area contributed by atoms with Crippen LogP contribution in [0.1, 0.15) is 5.82 Å². The summed E-state index contributed by atoms with van der Waals surface area (Å²) in [4.78, 5) is 4.65. The second-order valence-electron chi connectivity index (χ2n) is 3.47. The molecule has 1 aromatic heterocycles. The molecule has 1 heterocycles. The van der Waals surface area contributed by atoms with Crippen molar-refractivity contribution >= 4 is 32.4 Å². The zero-order valence-electron chi connectivity index (χ0n) is 9.13. The maximum atomic E-state index is 12.2. The van der Waals surface area contributed by atoms with Gasteiger partial charge in [0, 0.05) is 17.2 Å². The quantitative estimate of drug-likeness (QED) is 0.871. The van der Waals surface area contributed by atoms with Crippen LogP contribution in [0.15, 0.2) is 33.9 Å². The van der Waals surface area contributed by atoms with Gasteiger partial charge in [-0.05, 0) is 18.2 Å². The van der Waals surface area contributed by atoms with E-state index in [0.29, 0.717) is 22.2 Å². The number of benzene rings is 1. The lowest BCUT2D eigenvalue weighted by Crippen LogP contribution is -2.06. The molecule has 2 N–H and O–H groups in total. The van der Waals surface area contributed by atoms with Crippen molar-refractivity contribution in [3.8, 4) is 0 Å². The Morgan fingerprint density at radius 2 is 2.29 bits per heavy atom. The SMILES string of the molecule is Cn1ncnc1CS(=O)c1cc(Br)ccc1N. The zero-order chi connectivity index (χ0) is 12.4. The number of aromatic nitrogens is 3. The van der Waals surface area contributed by atoms with Gasteiger partial charge in [0.25, 0.3) is 0 Å². The standard InChI is InChI=1S/C10H11BrN4OS/c1-15-10(13-6-14-15)5-17(16)9-4-7(11)2-3-8(9)12/h2-4,6H,5,12H2,1H3. The van der Waals surface area contributed by atoms with Gasteiger partial charge in [0.2, 0.25) is 0 Å². The second-order valence-corrected chi connectivity index (χ2v) is 5.81. The molecule has 1 atom stereocenters. The van der Waals surface area contributed by atoms with E-state index in [9.17, 15) is 4.21 Å². The molecule has 5 nitrogen and oxygen atoms in total. The van der Waals surface area contributed by atoms with Crippen molar-refractivity contribution in [3.05, 3.63) is 34.8 Å². The third kappa shape index (κ3) is 2.73. The fourth-order valence-corrected chi connectivity index (χ4v) is 3.10. The summed E-state index contributed by atoms with van der Waals surface area (Å²) >= 11 is 3.33. The Bertz CT molecular complexity index is 569. The van der Waals surface area contributed by atoms with Gasteiger partial charge in [-0.3, -0.25) is 8.89 Å². The molecule has 2 rings (SSSR count). The fourth-order valence-electron chi connectivity index (χ4n) is 1.35. The van der Waals surface area contributed by atoms with Gasteiger partial charge in [0.15, 0.2) is 0 Å². The Morgan fingerprint density at radius 1 is 1.53 bits per heavy atom. The molecule has 0 aliphatic carbocycles. The van der Waals surface area contributed by atoms with Crippen molar-refractivity contribution in [1.82, 2.24) is 14.8 Å². The van der Waals surface area contributed by atoms with Crippen molar-refractivity contribution < 1.29 is 4.21 Å². The average molecular weight is 315 g/mol. The van der Waals surface area contributed by atoms with Gasteiger partial charge in [-0.2, -0.15) is 5.10 Å². The van der Waals surface area contributed by atoms with Gasteiger partial charge in [-0.25, -0.2) is 4.98 Å². The molecule has 0 amide bonds. The Balaban J connectivity index is 2.26. The number of rotatable bonds is 3. The summed E-state index contributed by atoms with van der Waals surface area (Å²) in [6.45, 7) is 0. The molecule has 7 heteroatoms. The van der Waals surface area contributed by atoms with Crippen LogP contribution in [0.2, 0.25) is 0 Å². The van der Waals surface area contributed by atoms with E-state index in [0.717, 1.165) is 4.47 Å². The van der Waals surface area contributed by atoms with Crippen molar-refractivity contribution in [2.45, 2.75) is 10.6 Å². The number of nitrogen functional groups attached to an aromatic ring is 1. The first-order chi connectivity index (χ1) is 8.08. The van der Waals surface area contributed by atoms with Gasteiger partial charge in [0.05, 0.1) is 21.4 Å². The third-order valence-electron chi connectivity index (χ3n) is 2.29. The Hall–Kier alpha value is -1.21. The van der Waals surface area contributed by atoms with Gasteiger partial charge in [-0.15, -0.1) is 0 Å². The topological polar surface area (TPSA) is 73.8 Å². The average Bonchev–Trinajstić information content (AvgIpc) is 2.68. The van der Waals surface area contributed by atoms with Crippen LogP contribution in [-0.2, 0) is 23.6 Å². The van der Waals surface area contributed by atoms with Crippen LogP contribution in [0.25, 0.3) is 0 Å². The molecule has 0 aliphatic heterocycles. The van der Waals surface area contributed by atoms with Crippen LogP contribution in [-0.4, -0.2) is 19.0 Å². The first-order valence-electron chi connectivity index (χ1n) is 4.84. The van der Waals surface area contributed by atoms with Crippen LogP contribution in [0.5, 0.6) is 0 Å². The molecular formula is C10H11BrN4OS. The van der Waals surface area contributed by atoms with E-state index >= 15 is 0 Å². The lowest BCUT2D eigenvalue weighted by atomic mass is 10.3. The van der Waals surface area contributed by atoms with Crippen molar-refractivity contribution in [2.24, 2.45) is 7.05 Å². The van der Waals surface area contributed by atoms with Crippen LogP contribution in [0, 0.1) is 0 Å². The minimum Gasteiger partial charge on any atom is -0.398 e. The lowest BCUT2D eigenvalue weighted by Gasteiger charge is -2.06. The molecule has 0 saturated carbocycles. The van der Waals surface area contributed by atoms with Gasteiger partial charge < -0.3 is 5.73 Å². The minimum atomic E-state index is -1.22. The minimum absolute atomic E-state index is 0.303. The number of hydrogen-bond acceptors (Lipinski definition) is 4.